The summed E-state index contributed by atoms with van der Waals surface area (Å²) in [6.45, 7) is 1.92. The van der Waals surface area contributed by atoms with Crippen LogP contribution in [0.2, 0.25) is 0 Å². The quantitative estimate of drug-likeness (QED) is 0.637. The van der Waals surface area contributed by atoms with Crippen LogP contribution in [-0.4, -0.2) is 27.0 Å². The van der Waals surface area contributed by atoms with Gasteiger partial charge >= 0.3 is 0 Å². The predicted octanol–water partition coefficient (Wildman–Crippen LogP) is 4.20. The fraction of sp³-hybridized carbons (Fsp3) is 0.438. The van der Waals surface area contributed by atoms with E-state index in [1.165, 1.54) is 35.9 Å². The Hall–Kier alpha value is -1.18. The monoisotopic (exact) mass is 365 g/mol. The normalized spacial score (nSPS) is 16.4. The van der Waals surface area contributed by atoms with Crippen LogP contribution < -0.4 is 5.32 Å². The van der Waals surface area contributed by atoms with Crippen molar-refractivity contribution in [3.8, 4) is 5.69 Å². The Labute approximate surface area is 149 Å². The molecule has 1 heterocycles. The largest absolute Gasteiger partial charge is 0.352 e. The topological polar surface area (TPSA) is 46.9 Å². The predicted molar refractivity (Wildman–Crippen MR) is 98.0 cm³/mol. The summed E-state index contributed by atoms with van der Waals surface area (Å²) in [7, 11) is 0. The minimum Gasteiger partial charge on any atom is -0.352 e. The molecule has 1 amide bonds. The molecular formula is C16H19N3OS3. The molecular weight excluding hydrogens is 346 g/mol. The van der Waals surface area contributed by atoms with E-state index in [4.69, 9.17) is 12.2 Å². The molecule has 2 aromatic rings. The van der Waals surface area contributed by atoms with Crippen molar-refractivity contribution in [3.05, 3.63) is 34.3 Å². The second-order valence-corrected chi connectivity index (χ2v) is 8.84. The average Bonchev–Trinajstić information content (AvgIpc) is 3.18. The van der Waals surface area contributed by atoms with E-state index >= 15 is 0 Å². The molecule has 0 aliphatic heterocycles. The van der Waals surface area contributed by atoms with E-state index in [2.05, 4.69) is 10.4 Å². The van der Waals surface area contributed by atoms with E-state index in [9.17, 15) is 4.79 Å². The number of para-hydroxylation sites is 1. The van der Waals surface area contributed by atoms with Crippen molar-refractivity contribution in [1.29, 1.82) is 0 Å². The molecule has 1 aliphatic rings. The number of nitrogens with zero attached hydrogens (tertiary/aromatic N) is 2. The number of hydrogen-bond acceptors (Lipinski definition) is 5. The maximum Gasteiger partial charge on any atom is 0.233 e. The van der Waals surface area contributed by atoms with Crippen LogP contribution in [-0.2, 0) is 4.79 Å². The molecule has 1 saturated carbocycles. The Morgan fingerprint density at radius 2 is 2.09 bits per heavy atom. The summed E-state index contributed by atoms with van der Waals surface area (Å²) in [5.74, 6) is 0.0919. The second-order valence-electron chi connectivity index (χ2n) is 5.63. The summed E-state index contributed by atoms with van der Waals surface area (Å²) in [5.41, 5.74) is 0.948. The van der Waals surface area contributed by atoms with Crippen LogP contribution in [0.5, 0.6) is 0 Å². The molecule has 0 bridgehead atoms. The first kappa shape index (κ1) is 16.7. The van der Waals surface area contributed by atoms with Crippen molar-refractivity contribution in [3.63, 3.8) is 0 Å². The van der Waals surface area contributed by atoms with E-state index < -0.39 is 0 Å². The molecule has 122 valence electrons. The van der Waals surface area contributed by atoms with Gasteiger partial charge in [0.25, 0.3) is 0 Å². The van der Waals surface area contributed by atoms with E-state index in [1.54, 1.807) is 4.68 Å². The van der Waals surface area contributed by atoms with Gasteiger partial charge in [-0.3, -0.25) is 4.79 Å². The first-order chi connectivity index (χ1) is 11.1. The first-order valence-corrected chi connectivity index (χ1v) is 9.86. The molecule has 23 heavy (non-hydrogen) atoms. The molecule has 1 aromatic carbocycles. The third-order valence-corrected chi connectivity index (χ3v) is 6.29. The molecule has 1 fully saturated rings. The van der Waals surface area contributed by atoms with Crippen LogP contribution in [0.3, 0.4) is 0 Å². The highest BCUT2D eigenvalue weighted by molar-refractivity contribution is 8.02. The van der Waals surface area contributed by atoms with Crippen LogP contribution in [0.4, 0.5) is 0 Å². The molecule has 4 nitrogen and oxygen atoms in total. The van der Waals surface area contributed by atoms with Gasteiger partial charge in [0.05, 0.1) is 10.9 Å². The van der Waals surface area contributed by atoms with E-state index in [1.807, 2.05) is 37.3 Å². The van der Waals surface area contributed by atoms with Gasteiger partial charge in [-0.15, -0.1) is 5.10 Å². The molecule has 0 unspecified atom stereocenters. The zero-order valence-corrected chi connectivity index (χ0v) is 15.3. The van der Waals surface area contributed by atoms with Gasteiger partial charge in [0.2, 0.25) is 5.91 Å². The second kappa shape index (κ2) is 7.59. The SMILES string of the molecule is C[C@H](Sc1nn(-c2ccccc2)c(=S)s1)C(=O)NC1CCCC1. The molecule has 1 N–H and O–H groups in total. The number of hydrogen-bond donors (Lipinski definition) is 1. The van der Waals surface area contributed by atoms with Gasteiger partial charge in [0, 0.05) is 6.04 Å². The van der Waals surface area contributed by atoms with Crippen molar-refractivity contribution in [2.24, 2.45) is 0 Å². The number of carbonyl (C=O) groups excluding carboxylic acids is 1. The lowest BCUT2D eigenvalue weighted by Crippen LogP contribution is -2.37. The van der Waals surface area contributed by atoms with Crippen molar-refractivity contribution in [1.82, 2.24) is 15.1 Å². The Morgan fingerprint density at radius 3 is 2.78 bits per heavy atom. The van der Waals surface area contributed by atoms with Crippen molar-refractivity contribution >= 4 is 41.2 Å². The minimum atomic E-state index is -0.166. The van der Waals surface area contributed by atoms with Gasteiger partial charge in [-0.1, -0.05) is 54.1 Å². The van der Waals surface area contributed by atoms with E-state index in [0.29, 0.717) is 10.00 Å². The zero-order valence-electron chi connectivity index (χ0n) is 12.9. The van der Waals surface area contributed by atoms with Crippen molar-refractivity contribution in [2.75, 3.05) is 0 Å². The van der Waals surface area contributed by atoms with E-state index in [0.717, 1.165) is 22.9 Å². The van der Waals surface area contributed by atoms with Crippen LogP contribution in [0.15, 0.2) is 34.7 Å². The molecule has 0 radical (unpaired) electrons. The van der Waals surface area contributed by atoms with Crippen LogP contribution in [0, 0.1) is 3.95 Å². The fourth-order valence-corrected chi connectivity index (χ4v) is 5.15. The van der Waals surface area contributed by atoms with Crippen LogP contribution in [0.25, 0.3) is 5.69 Å². The minimum absolute atomic E-state index is 0.0919. The summed E-state index contributed by atoms with van der Waals surface area (Å²) in [4.78, 5) is 12.3. The highest BCUT2D eigenvalue weighted by atomic mass is 32.2. The summed E-state index contributed by atoms with van der Waals surface area (Å²) >= 11 is 8.31. The summed E-state index contributed by atoms with van der Waals surface area (Å²) < 4.78 is 3.28. The molecule has 1 atom stereocenters. The lowest BCUT2D eigenvalue weighted by molar-refractivity contribution is -0.120. The third kappa shape index (κ3) is 4.22. The number of rotatable bonds is 5. The van der Waals surface area contributed by atoms with E-state index in [-0.39, 0.29) is 11.2 Å². The van der Waals surface area contributed by atoms with Gasteiger partial charge in [-0.2, -0.15) is 0 Å². The Kier molecular flexibility index (Phi) is 5.50. The number of nitrogens with one attached hydrogen (secondary N) is 1. The summed E-state index contributed by atoms with van der Waals surface area (Å²) in [6.07, 6.45) is 4.64. The highest BCUT2D eigenvalue weighted by Crippen LogP contribution is 2.28. The lowest BCUT2D eigenvalue weighted by Gasteiger charge is -2.15. The smallest absolute Gasteiger partial charge is 0.233 e. The van der Waals surface area contributed by atoms with Gasteiger partial charge in [-0.05, 0) is 44.1 Å². The first-order valence-electron chi connectivity index (χ1n) is 7.76. The number of carbonyl (C=O) groups is 1. The Morgan fingerprint density at radius 1 is 1.39 bits per heavy atom. The van der Waals surface area contributed by atoms with Crippen LogP contribution >= 0.6 is 35.3 Å². The number of aromatic nitrogens is 2. The van der Waals surface area contributed by atoms with Crippen molar-refractivity contribution < 1.29 is 4.79 Å². The molecule has 1 aromatic heterocycles. The maximum absolute atomic E-state index is 12.3. The van der Waals surface area contributed by atoms with Crippen molar-refractivity contribution in [2.45, 2.75) is 48.2 Å². The zero-order chi connectivity index (χ0) is 16.2. The molecule has 7 heteroatoms. The summed E-state index contributed by atoms with van der Waals surface area (Å²) in [6, 6.07) is 10.2. The molecule has 1 aliphatic carbocycles. The molecule has 3 rings (SSSR count). The number of amides is 1. The molecule has 0 spiro atoms. The van der Waals surface area contributed by atoms with Gasteiger partial charge in [0.15, 0.2) is 8.29 Å². The average molecular weight is 366 g/mol. The van der Waals surface area contributed by atoms with Crippen LogP contribution in [0.1, 0.15) is 32.6 Å². The molecule has 0 saturated heterocycles. The third-order valence-electron chi connectivity index (χ3n) is 3.88. The fourth-order valence-electron chi connectivity index (χ4n) is 2.63. The highest BCUT2D eigenvalue weighted by Gasteiger charge is 2.22. The van der Waals surface area contributed by atoms with Gasteiger partial charge in [0.1, 0.15) is 0 Å². The Balaban J connectivity index is 1.66. The van der Waals surface area contributed by atoms with Gasteiger partial charge in [-0.25, -0.2) is 4.68 Å². The maximum atomic E-state index is 12.3. The van der Waals surface area contributed by atoms with Gasteiger partial charge < -0.3 is 5.32 Å². The number of thioether (sulfide) groups is 1. The lowest BCUT2D eigenvalue weighted by atomic mass is 10.2. The Bertz CT molecular complexity index is 720. The number of benzene rings is 1. The summed E-state index contributed by atoms with van der Waals surface area (Å²) in [5, 5.41) is 7.52. The standard InChI is InChI=1S/C16H19N3OS3/c1-11(14(20)17-12-7-5-6-8-12)22-15-18-19(16(21)23-15)13-9-3-2-4-10-13/h2-4,9-12H,5-8H2,1H3,(H,17,20)/t11-/m0/s1.